The predicted octanol–water partition coefficient (Wildman–Crippen LogP) is 5.13. The zero-order valence-electron chi connectivity index (χ0n) is 20.8. The van der Waals surface area contributed by atoms with Crippen LogP contribution in [0.3, 0.4) is 0 Å². The molecule has 0 spiro atoms. The predicted molar refractivity (Wildman–Crippen MR) is 139 cm³/mol. The van der Waals surface area contributed by atoms with Gasteiger partial charge in [0.15, 0.2) is 0 Å². The zero-order valence-corrected chi connectivity index (χ0v) is 20.8. The second-order valence-corrected chi connectivity index (χ2v) is 10.0. The van der Waals surface area contributed by atoms with Gasteiger partial charge in [0.05, 0.1) is 17.4 Å². The summed E-state index contributed by atoms with van der Waals surface area (Å²) in [6, 6.07) is 6.36. The minimum absolute atomic E-state index is 0.132. The van der Waals surface area contributed by atoms with E-state index in [9.17, 15) is 4.79 Å². The summed E-state index contributed by atoms with van der Waals surface area (Å²) in [6.45, 7) is 4.80. The van der Waals surface area contributed by atoms with E-state index in [2.05, 4.69) is 35.5 Å². The molecule has 184 valence electrons. The first-order valence-corrected chi connectivity index (χ1v) is 13.2. The van der Waals surface area contributed by atoms with Gasteiger partial charge in [0.1, 0.15) is 5.82 Å². The molecular weight excluding hydrogens is 424 g/mol. The number of nitrogens with two attached hydrogens (primary N) is 1. The van der Waals surface area contributed by atoms with Crippen LogP contribution in [0.5, 0.6) is 0 Å². The van der Waals surface area contributed by atoms with Crippen LogP contribution in [0.15, 0.2) is 23.2 Å². The molecule has 1 amide bonds. The van der Waals surface area contributed by atoms with Gasteiger partial charge < -0.3 is 16.4 Å². The molecule has 1 aromatic heterocycles. The van der Waals surface area contributed by atoms with Crippen molar-refractivity contribution in [2.24, 2.45) is 16.6 Å². The van der Waals surface area contributed by atoms with Crippen LogP contribution < -0.4 is 16.4 Å². The van der Waals surface area contributed by atoms with Crippen molar-refractivity contribution >= 4 is 28.5 Å². The Bertz CT molecular complexity index is 1010. The number of hydrogen-bond donors (Lipinski definition) is 3. The number of unbranched alkanes of at least 4 members (excludes halogenated alkanes) is 1. The molecule has 0 saturated heterocycles. The van der Waals surface area contributed by atoms with E-state index in [1.54, 1.807) is 0 Å². The summed E-state index contributed by atoms with van der Waals surface area (Å²) in [7, 11) is 0. The van der Waals surface area contributed by atoms with E-state index in [1.807, 2.05) is 12.1 Å². The number of nitrogens with zero attached hydrogens (tertiary/aromatic N) is 3. The van der Waals surface area contributed by atoms with Crippen molar-refractivity contribution < 1.29 is 4.79 Å². The Balaban J connectivity index is 1.60. The zero-order chi connectivity index (χ0) is 23.9. The van der Waals surface area contributed by atoms with Crippen LogP contribution in [-0.2, 0) is 0 Å². The molecule has 0 unspecified atom stereocenters. The molecule has 0 bridgehead atoms. The van der Waals surface area contributed by atoms with Crippen molar-refractivity contribution in [3.05, 3.63) is 29.6 Å². The van der Waals surface area contributed by atoms with E-state index in [0.717, 1.165) is 73.1 Å². The number of fused-ring (bicyclic) bond motifs is 1. The number of anilines is 1. The van der Waals surface area contributed by atoms with Gasteiger partial charge >= 0.3 is 0 Å². The summed E-state index contributed by atoms with van der Waals surface area (Å²) in [5.41, 5.74) is 8.43. The van der Waals surface area contributed by atoms with Gasteiger partial charge in [0.25, 0.3) is 5.91 Å². The average molecular weight is 465 g/mol. The Morgan fingerprint density at radius 1 is 1.09 bits per heavy atom. The van der Waals surface area contributed by atoms with Gasteiger partial charge in [-0.05, 0) is 51.2 Å². The highest BCUT2D eigenvalue weighted by molar-refractivity contribution is 5.96. The third-order valence-electron chi connectivity index (χ3n) is 7.26. The Morgan fingerprint density at radius 2 is 1.85 bits per heavy atom. The van der Waals surface area contributed by atoms with Gasteiger partial charge in [-0.25, -0.2) is 9.97 Å². The maximum atomic E-state index is 12.8. The van der Waals surface area contributed by atoms with Crippen molar-refractivity contribution in [3.8, 4) is 0 Å². The highest BCUT2D eigenvalue weighted by Gasteiger charge is 2.28. The number of aryl methyl sites for hydroxylation is 1. The summed E-state index contributed by atoms with van der Waals surface area (Å²) < 4.78 is 0. The second kappa shape index (κ2) is 11.6. The molecule has 2 saturated carbocycles. The fourth-order valence-electron chi connectivity index (χ4n) is 5.22. The lowest BCUT2D eigenvalue weighted by molar-refractivity contribution is 0.0943. The number of aromatic nitrogens is 2. The SMILES string of the molecule is CCCCNC(=O)c1nc(N[C@H]2CCCC[C@H]2N=C(N)C2CCCCC2)c2cc(C)ccc2n1. The molecule has 1 heterocycles. The molecule has 0 aliphatic heterocycles. The minimum atomic E-state index is -0.223. The lowest BCUT2D eigenvalue weighted by Crippen LogP contribution is -2.38. The molecule has 7 heteroatoms. The van der Waals surface area contributed by atoms with Crippen LogP contribution in [0.2, 0.25) is 0 Å². The molecule has 4 N–H and O–H groups in total. The van der Waals surface area contributed by atoms with Gasteiger partial charge in [-0.3, -0.25) is 9.79 Å². The number of carbonyl (C=O) groups is 1. The molecule has 7 nitrogen and oxygen atoms in total. The highest BCUT2D eigenvalue weighted by atomic mass is 16.2. The third kappa shape index (κ3) is 6.05. The number of amides is 1. The van der Waals surface area contributed by atoms with E-state index in [1.165, 1.54) is 25.7 Å². The lowest BCUT2D eigenvalue weighted by atomic mass is 9.87. The molecule has 2 aromatic rings. The van der Waals surface area contributed by atoms with E-state index >= 15 is 0 Å². The molecule has 2 fully saturated rings. The summed E-state index contributed by atoms with van der Waals surface area (Å²) in [5.74, 6) is 1.97. The number of amidine groups is 1. The Labute approximate surface area is 203 Å². The fraction of sp³-hybridized carbons (Fsp3) is 0.630. The van der Waals surface area contributed by atoms with Crippen LogP contribution in [0.4, 0.5) is 5.82 Å². The molecular formula is C27H40N6O. The molecule has 4 rings (SSSR count). The smallest absolute Gasteiger partial charge is 0.289 e. The van der Waals surface area contributed by atoms with Crippen molar-refractivity contribution in [2.75, 3.05) is 11.9 Å². The van der Waals surface area contributed by atoms with Gasteiger partial charge in [0, 0.05) is 23.9 Å². The second-order valence-electron chi connectivity index (χ2n) is 10.0. The third-order valence-corrected chi connectivity index (χ3v) is 7.26. The molecule has 2 aliphatic carbocycles. The molecule has 0 radical (unpaired) electrons. The normalized spacial score (nSPS) is 22.0. The van der Waals surface area contributed by atoms with Crippen LogP contribution >= 0.6 is 0 Å². The van der Waals surface area contributed by atoms with Crippen LogP contribution in [0.1, 0.15) is 93.7 Å². The van der Waals surface area contributed by atoms with Crippen LogP contribution in [0.25, 0.3) is 10.9 Å². The quantitative estimate of drug-likeness (QED) is 0.285. The van der Waals surface area contributed by atoms with E-state index in [0.29, 0.717) is 12.5 Å². The van der Waals surface area contributed by atoms with Gasteiger partial charge in [-0.2, -0.15) is 0 Å². The summed E-state index contributed by atoms with van der Waals surface area (Å²) >= 11 is 0. The molecule has 2 aliphatic rings. The van der Waals surface area contributed by atoms with Crippen molar-refractivity contribution in [1.82, 2.24) is 15.3 Å². The monoisotopic (exact) mass is 464 g/mol. The van der Waals surface area contributed by atoms with Crippen LogP contribution in [-0.4, -0.2) is 40.3 Å². The van der Waals surface area contributed by atoms with E-state index in [-0.39, 0.29) is 23.8 Å². The van der Waals surface area contributed by atoms with E-state index < -0.39 is 0 Å². The number of hydrogen-bond acceptors (Lipinski definition) is 5. The Hall–Kier alpha value is -2.70. The Morgan fingerprint density at radius 3 is 2.65 bits per heavy atom. The number of nitrogens with one attached hydrogen (secondary N) is 2. The topological polar surface area (TPSA) is 105 Å². The molecule has 34 heavy (non-hydrogen) atoms. The minimum Gasteiger partial charge on any atom is -0.387 e. The highest BCUT2D eigenvalue weighted by Crippen LogP contribution is 2.30. The first kappa shape index (κ1) is 24.4. The van der Waals surface area contributed by atoms with E-state index in [4.69, 9.17) is 15.7 Å². The standard InChI is InChI=1S/C27H40N6O/c1-3-4-16-29-27(34)26-31-21-15-14-18(2)17-20(21)25(33-26)32-23-13-9-8-12-22(23)30-24(28)19-10-6-5-7-11-19/h14-15,17,19,22-23H,3-13,16H2,1-2H3,(H2,28,30)(H,29,34)(H,31,32,33)/t22-,23+/m1/s1. The summed E-state index contributed by atoms with van der Waals surface area (Å²) in [4.78, 5) is 27.1. The number of carbonyl (C=O) groups excluding carboxylic acids is 1. The Kier molecular flexibility index (Phi) is 8.35. The maximum Gasteiger partial charge on any atom is 0.289 e. The molecule has 2 atom stereocenters. The summed E-state index contributed by atoms with van der Waals surface area (Å²) in [6.07, 6.45) is 12.5. The van der Waals surface area contributed by atoms with Crippen LogP contribution in [0, 0.1) is 12.8 Å². The first-order valence-electron chi connectivity index (χ1n) is 13.2. The van der Waals surface area contributed by atoms with Gasteiger partial charge in [0.2, 0.25) is 5.82 Å². The van der Waals surface area contributed by atoms with Gasteiger partial charge in [-0.1, -0.05) is 57.1 Å². The first-order chi connectivity index (χ1) is 16.5. The number of aliphatic imine (C=N–C) groups is 1. The molecule has 1 aromatic carbocycles. The largest absolute Gasteiger partial charge is 0.387 e. The number of rotatable bonds is 8. The lowest BCUT2D eigenvalue weighted by Gasteiger charge is -2.32. The van der Waals surface area contributed by atoms with Crippen molar-refractivity contribution in [3.63, 3.8) is 0 Å². The maximum absolute atomic E-state index is 12.8. The van der Waals surface area contributed by atoms with Gasteiger partial charge in [-0.15, -0.1) is 0 Å². The average Bonchev–Trinajstić information content (AvgIpc) is 2.86. The fourth-order valence-corrected chi connectivity index (χ4v) is 5.22. The van der Waals surface area contributed by atoms with Crippen molar-refractivity contribution in [2.45, 2.75) is 96.6 Å². The van der Waals surface area contributed by atoms with Crippen molar-refractivity contribution in [1.29, 1.82) is 0 Å². The number of benzene rings is 1. The summed E-state index contributed by atoms with van der Waals surface area (Å²) in [5, 5.41) is 7.57.